The first-order valence-corrected chi connectivity index (χ1v) is 13.1. The Labute approximate surface area is 177 Å². The van der Waals surface area contributed by atoms with E-state index in [0.717, 1.165) is 48.8 Å². The van der Waals surface area contributed by atoms with Crippen LogP contribution in [0.15, 0.2) is 59.1 Å². The predicted molar refractivity (Wildman–Crippen MR) is 121 cm³/mol. The van der Waals surface area contributed by atoms with Crippen LogP contribution in [0, 0.1) is 0 Å². The molecule has 0 bridgehead atoms. The van der Waals surface area contributed by atoms with Gasteiger partial charge in [-0.15, -0.1) is 0 Å². The number of rotatable bonds is 5. The van der Waals surface area contributed by atoms with Gasteiger partial charge in [0.15, 0.2) is 7.29 Å². The van der Waals surface area contributed by atoms with Crippen molar-refractivity contribution in [3.05, 3.63) is 64.6 Å². The van der Waals surface area contributed by atoms with Crippen LogP contribution in [-0.4, -0.2) is 35.7 Å². The minimum Gasteiger partial charge on any atom is -0.299 e. The summed E-state index contributed by atoms with van der Waals surface area (Å²) in [5.41, 5.74) is 1.18. The highest BCUT2D eigenvalue weighted by atomic mass is 79.9. The van der Waals surface area contributed by atoms with Crippen molar-refractivity contribution in [1.82, 2.24) is 9.57 Å². The van der Waals surface area contributed by atoms with Gasteiger partial charge in [-0.25, -0.2) is 4.67 Å². The van der Waals surface area contributed by atoms with E-state index in [1.165, 1.54) is 31.2 Å². The SMILES string of the molecule is O=P(c1ccccc1)(C(c1ccc(Br)cc1)N1CCCCC1)N1CCCCC1. The molecule has 0 spiro atoms. The van der Waals surface area contributed by atoms with E-state index in [0.29, 0.717) is 0 Å². The van der Waals surface area contributed by atoms with Gasteiger partial charge >= 0.3 is 0 Å². The highest BCUT2D eigenvalue weighted by Gasteiger charge is 2.45. The minimum atomic E-state index is -2.82. The summed E-state index contributed by atoms with van der Waals surface area (Å²) in [6.07, 6.45) is 7.21. The summed E-state index contributed by atoms with van der Waals surface area (Å²) in [6, 6.07) is 18.8. The lowest BCUT2D eigenvalue weighted by atomic mass is 10.1. The Kier molecular flexibility index (Phi) is 6.73. The summed E-state index contributed by atoms with van der Waals surface area (Å²) in [7, 11) is -2.82. The molecular formula is C23H30BrN2OP. The molecule has 2 aromatic carbocycles. The molecule has 5 heteroatoms. The summed E-state index contributed by atoms with van der Waals surface area (Å²) >= 11 is 3.57. The largest absolute Gasteiger partial charge is 0.299 e. The van der Waals surface area contributed by atoms with Crippen LogP contribution in [0.3, 0.4) is 0 Å². The zero-order chi connectivity index (χ0) is 19.4. The molecule has 0 N–H and O–H groups in total. The predicted octanol–water partition coefficient (Wildman–Crippen LogP) is 6.02. The summed E-state index contributed by atoms with van der Waals surface area (Å²) in [4.78, 5) is 2.51. The number of nitrogens with zero attached hydrogens (tertiary/aromatic N) is 2. The molecule has 150 valence electrons. The molecule has 2 aliphatic heterocycles. The molecule has 0 radical (unpaired) electrons. The summed E-state index contributed by atoms with van der Waals surface area (Å²) < 4.78 is 18.5. The number of likely N-dealkylation sites (tertiary alicyclic amines) is 1. The van der Waals surface area contributed by atoms with Crippen LogP contribution in [0.1, 0.15) is 49.9 Å². The quantitative estimate of drug-likeness (QED) is 0.509. The van der Waals surface area contributed by atoms with Gasteiger partial charge in [-0.05, 0) is 56.5 Å². The van der Waals surface area contributed by atoms with Gasteiger partial charge in [0.25, 0.3) is 0 Å². The average Bonchev–Trinajstić information content (AvgIpc) is 2.77. The number of benzene rings is 2. The Morgan fingerprint density at radius 3 is 1.93 bits per heavy atom. The van der Waals surface area contributed by atoms with Gasteiger partial charge in [0.2, 0.25) is 0 Å². The van der Waals surface area contributed by atoms with Gasteiger partial charge in [0.05, 0.1) is 0 Å². The third kappa shape index (κ3) is 4.16. The Balaban J connectivity index is 1.84. The van der Waals surface area contributed by atoms with Crippen molar-refractivity contribution < 1.29 is 4.57 Å². The fourth-order valence-electron chi connectivity index (χ4n) is 4.71. The summed E-state index contributed by atoms with van der Waals surface area (Å²) in [6.45, 7) is 3.94. The first-order chi connectivity index (χ1) is 13.7. The van der Waals surface area contributed by atoms with Crippen LogP contribution in [0.5, 0.6) is 0 Å². The van der Waals surface area contributed by atoms with Crippen LogP contribution in [0.25, 0.3) is 0 Å². The highest BCUT2D eigenvalue weighted by Crippen LogP contribution is 2.63. The third-order valence-corrected chi connectivity index (χ3v) is 10.2. The van der Waals surface area contributed by atoms with Crippen LogP contribution in [0.2, 0.25) is 0 Å². The average molecular weight is 461 g/mol. The molecule has 2 heterocycles. The summed E-state index contributed by atoms with van der Waals surface area (Å²) in [5, 5.41) is 1.01. The molecule has 2 aliphatic rings. The molecule has 2 unspecified atom stereocenters. The first kappa shape index (κ1) is 20.3. The molecule has 0 amide bonds. The van der Waals surface area contributed by atoms with Crippen molar-refractivity contribution in [2.75, 3.05) is 26.2 Å². The normalized spacial score (nSPS) is 22.5. The minimum absolute atomic E-state index is 0.0681. The maximum absolute atomic E-state index is 15.1. The molecule has 2 fully saturated rings. The van der Waals surface area contributed by atoms with E-state index in [2.05, 4.69) is 61.9 Å². The molecule has 2 atom stereocenters. The zero-order valence-corrected chi connectivity index (χ0v) is 19.0. The maximum Gasteiger partial charge on any atom is 0.199 e. The molecule has 0 aromatic heterocycles. The van der Waals surface area contributed by atoms with Gasteiger partial charge in [0, 0.05) is 22.9 Å². The van der Waals surface area contributed by atoms with E-state index in [4.69, 9.17) is 0 Å². The number of piperidine rings is 2. The Bertz CT molecular complexity index is 799. The van der Waals surface area contributed by atoms with E-state index < -0.39 is 7.29 Å². The van der Waals surface area contributed by atoms with Crippen LogP contribution in [-0.2, 0) is 4.57 Å². The highest BCUT2D eigenvalue weighted by molar-refractivity contribution is 9.10. The first-order valence-electron chi connectivity index (χ1n) is 10.6. The van der Waals surface area contributed by atoms with Crippen molar-refractivity contribution in [3.63, 3.8) is 0 Å². The molecule has 2 saturated heterocycles. The van der Waals surface area contributed by atoms with Crippen LogP contribution < -0.4 is 5.30 Å². The fraction of sp³-hybridized carbons (Fsp3) is 0.478. The second-order valence-corrected chi connectivity index (χ2v) is 11.7. The Morgan fingerprint density at radius 1 is 0.750 bits per heavy atom. The van der Waals surface area contributed by atoms with Crippen molar-refractivity contribution >= 4 is 28.5 Å². The van der Waals surface area contributed by atoms with Gasteiger partial charge in [-0.3, -0.25) is 9.46 Å². The van der Waals surface area contributed by atoms with Crippen molar-refractivity contribution in [3.8, 4) is 0 Å². The van der Waals surface area contributed by atoms with Crippen molar-refractivity contribution in [2.45, 2.75) is 44.3 Å². The maximum atomic E-state index is 15.1. The van der Waals surface area contributed by atoms with E-state index in [1.54, 1.807) is 0 Å². The monoisotopic (exact) mass is 460 g/mol. The zero-order valence-electron chi connectivity index (χ0n) is 16.5. The lowest BCUT2D eigenvalue weighted by molar-refractivity contribution is 0.198. The smallest absolute Gasteiger partial charge is 0.199 e. The third-order valence-electron chi connectivity index (χ3n) is 6.11. The van der Waals surface area contributed by atoms with Crippen LogP contribution >= 0.6 is 23.2 Å². The second kappa shape index (κ2) is 9.26. The number of hydrogen-bond acceptors (Lipinski definition) is 2. The number of hydrogen-bond donors (Lipinski definition) is 0. The van der Waals surface area contributed by atoms with E-state index >= 15 is 4.57 Å². The van der Waals surface area contributed by atoms with Crippen molar-refractivity contribution in [2.24, 2.45) is 0 Å². The van der Waals surface area contributed by atoms with Crippen molar-refractivity contribution in [1.29, 1.82) is 0 Å². The standard InChI is InChI=1S/C23H30BrN2OP/c24-21-14-12-20(13-15-21)23(25-16-6-2-7-17-25)28(27,22-10-4-1-5-11-22)26-18-8-3-9-19-26/h1,4-5,10-15,23H,2-3,6-9,16-19H2. The molecule has 28 heavy (non-hydrogen) atoms. The van der Waals surface area contributed by atoms with Crippen LogP contribution in [0.4, 0.5) is 0 Å². The van der Waals surface area contributed by atoms with Gasteiger partial charge < -0.3 is 0 Å². The molecule has 4 rings (SSSR count). The molecule has 0 aliphatic carbocycles. The molecule has 2 aromatic rings. The van der Waals surface area contributed by atoms with Gasteiger partial charge in [-0.2, -0.15) is 0 Å². The fourth-order valence-corrected chi connectivity index (χ4v) is 8.62. The van der Waals surface area contributed by atoms with Gasteiger partial charge in [-0.1, -0.05) is 71.2 Å². The van der Waals surface area contributed by atoms with Gasteiger partial charge in [0.1, 0.15) is 5.78 Å². The Hall–Kier alpha value is -0.930. The number of halogens is 1. The topological polar surface area (TPSA) is 23.6 Å². The molecule has 3 nitrogen and oxygen atoms in total. The van der Waals surface area contributed by atoms with E-state index in [-0.39, 0.29) is 5.78 Å². The Morgan fingerprint density at radius 2 is 1.32 bits per heavy atom. The molecular weight excluding hydrogens is 431 g/mol. The summed E-state index contributed by atoms with van der Waals surface area (Å²) in [5.74, 6) is -0.0681. The van der Waals surface area contributed by atoms with E-state index in [9.17, 15) is 0 Å². The van der Waals surface area contributed by atoms with E-state index in [1.807, 2.05) is 18.2 Å². The lowest BCUT2D eigenvalue weighted by Gasteiger charge is -2.45. The second-order valence-electron chi connectivity index (χ2n) is 7.99. The molecule has 0 saturated carbocycles. The lowest BCUT2D eigenvalue weighted by Crippen LogP contribution is -2.41.